The SMILES string of the molecule is Cc1ccc(Br)cc1S(=O)(=O)Nc1ccccc1C(=O)N1CCCCC1. The first-order valence-corrected chi connectivity index (χ1v) is 10.8. The first-order chi connectivity index (χ1) is 12.4. The van der Waals surface area contributed by atoms with Gasteiger partial charge in [0.15, 0.2) is 0 Å². The normalized spacial score (nSPS) is 14.9. The molecule has 1 heterocycles. The maximum Gasteiger partial charge on any atom is 0.262 e. The molecule has 2 aromatic carbocycles. The topological polar surface area (TPSA) is 66.5 Å². The predicted molar refractivity (Wildman–Crippen MR) is 106 cm³/mol. The lowest BCUT2D eigenvalue weighted by Gasteiger charge is -2.27. The molecule has 26 heavy (non-hydrogen) atoms. The maximum absolute atomic E-state index is 12.9. The summed E-state index contributed by atoms with van der Waals surface area (Å²) in [7, 11) is -3.80. The number of nitrogens with zero attached hydrogens (tertiary/aromatic N) is 1. The summed E-state index contributed by atoms with van der Waals surface area (Å²) in [6, 6.07) is 11.9. The third kappa shape index (κ3) is 4.10. The van der Waals surface area contributed by atoms with Gasteiger partial charge in [-0.2, -0.15) is 0 Å². The van der Waals surface area contributed by atoms with Gasteiger partial charge in [0, 0.05) is 17.6 Å². The van der Waals surface area contributed by atoms with Gasteiger partial charge in [0.25, 0.3) is 15.9 Å². The third-order valence-corrected chi connectivity index (χ3v) is 6.49. The molecule has 138 valence electrons. The standard InChI is InChI=1S/C19H21BrN2O3S/c1-14-9-10-15(20)13-18(14)26(24,25)21-17-8-4-3-7-16(17)19(23)22-11-5-2-6-12-22/h3-4,7-10,13,21H,2,5-6,11-12H2,1H3. The van der Waals surface area contributed by atoms with E-state index in [1.807, 2.05) is 0 Å². The number of carbonyl (C=O) groups is 1. The van der Waals surface area contributed by atoms with Gasteiger partial charge < -0.3 is 4.90 Å². The number of anilines is 1. The fourth-order valence-electron chi connectivity index (χ4n) is 3.09. The highest BCUT2D eigenvalue weighted by Gasteiger charge is 2.24. The lowest BCUT2D eigenvalue weighted by Crippen LogP contribution is -2.36. The van der Waals surface area contributed by atoms with Crippen LogP contribution in [0.25, 0.3) is 0 Å². The highest BCUT2D eigenvalue weighted by molar-refractivity contribution is 9.10. The van der Waals surface area contributed by atoms with Crippen molar-refractivity contribution in [2.75, 3.05) is 17.8 Å². The summed E-state index contributed by atoms with van der Waals surface area (Å²) in [5, 5.41) is 0. The minimum atomic E-state index is -3.80. The third-order valence-electron chi connectivity index (χ3n) is 4.48. The van der Waals surface area contributed by atoms with E-state index in [0.29, 0.717) is 34.4 Å². The number of rotatable bonds is 4. The van der Waals surface area contributed by atoms with Gasteiger partial charge in [0.2, 0.25) is 0 Å². The number of piperidine rings is 1. The molecule has 0 spiro atoms. The Kier molecular flexibility index (Phi) is 5.67. The number of carbonyl (C=O) groups excluding carboxylic acids is 1. The average molecular weight is 437 g/mol. The molecule has 1 aliphatic rings. The zero-order valence-electron chi connectivity index (χ0n) is 14.5. The predicted octanol–water partition coefficient (Wildman–Crippen LogP) is 4.18. The van der Waals surface area contributed by atoms with Crippen LogP contribution in [0.1, 0.15) is 35.2 Å². The molecule has 0 aromatic heterocycles. The van der Waals surface area contributed by atoms with Crippen LogP contribution in [-0.2, 0) is 10.0 Å². The van der Waals surface area contributed by atoms with Crippen LogP contribution in [0.2, 0.25) is 0 Å². The summed E-state index contributed by atoms with van der Waals surface area (Å²) in [5.41, 5.74) is 1.33. The van der Waals surface area contributed by atoms with E-state index < -0.39 is 10.0 Å². The molecule has 3 rings (SSSR count). The highest BCUT2D eigenvalue weighted by atomic mass is 79.9. The van der Waals surface area contributed by atoms with Gasteiger partial charge in [-0.15, -0.1) is 0 Å². The van der Waals surface area contributed by atoms with E-state index in [0.717, 1.165) is 19.3 Å². The Morgan fingerprint density at radius 3 is 2.50 bits per heavy atom. The van der Waals surface area contributed by atoms with Crippen molar-refractivity contribution in [3.63, 3.8) is 0 Å². The second-order valence-corrected chi connectivity index (χ2v) is 8.98. The number of aryl methyl sites for hydroxylation is 1. The van der Waals surface area contributed by atoms with Gasteiger partial charge in [-0.1, -0.05) is 34.1 Å². The van der Waals surface area contributed by atoms with E-state index in [1.165, 1.54) is 0 Å². The van der Waals surface area contributed by atoms with Gasteiger partial charge in [-0.25, -0.2) is 8.42 Å². The Bertz CT molecular complexity index is 922. The molecular formula is C19H21BrN2O3S. The van der Waals surface area contributed by atoms with Crippen molar-refractivity contribution in [2.45, 2.75) is 31.1 Å². The Hall–Kier alpha value is -1.86. The lowest BCUT2D eigenvalue weighted by atomic mass is 10.1. The zero-order valence-corrected chi connectivity index (χ0v) is 16.9. The number of sulfonamides is 1. The molecule has 1 aliphatic heterocycles. The molecule has 5 nitrogen and oxygen atoms in total. The Labute approximate surface area is 162 Å². The summed E-state index contributed by atoms with van der Waals surface area (Å²) in [5.74, 6) is -0.131. The first kappa shape index (κ1) is 18.9. The van der Waals surface area contributed by atoms with Gasteiger partial charge in [0.1, 0.15) is 0 Å². The molecule has 7 heteroatoms. The van der Waals surface area contributed by atoms with Crippen molar-refractivity contribution < 1.29 is 13.2 Å². The summed E-state index contributed by atoms with van der Waals surface area (Å²) in [4.78, 5) is 14.8. The van der Waals surface area contributed by atoms with E-state index in [1.54, 1.807) is 54.3 Å². The summed E-state index contributed by atoms with van der Waals surface area (Å²) >= 11 is 3.31. The second-order valence-electron chi connectivity index (χ2n) is 6.41. The molecule has 0 unspecified atom stereocenters. The molecule has 1 fully saturated rings. The van der Waals surface area contributed by atoms with Crippen LogP contribution < -0.4 is 4.72 Å². The first-order valence-electron chi connectivity index (χ1n) is 8.56. The minimum Gasteiger partial charge on any atom is -0.339 e. The number of halogens is 1. The van der Waals surface area contributed by atoms with Crippen LogP contribution in [0, 0.1) is 6.92 Å². The van der Waals surface area contributed by atoms with Crippen LogP contribution in [0.3, 0.4) is 0 Å². The molecule has 0 atom stereocenters. The lowest BCUT2D eigenvalue weighted by molar-refractivity contribution is 0.0725. The van der Waals surface area contributed by atoms with Crippen LogP contribution >= 0.6 is 15.9 Å². The van der Waals surface area contributed by atoms with Crippen molar-refractivity contribution in [1.82, 2.24) is 4.90 Å². The number of hydrogen-bond donors (Lipinski definition) is 1. The fraction of sp³-hybridized carbons (Fsp3) is 0.316. The molecule has 0 bridgehead atoms. The molecule has 1 N–H and O–H groups in total. The number of likely N-dealkylation sites (tertiary alicyclic amines) is 1. The maximum atomic E-state index is 12.9. The number of benzene rings is 2. The van der Waals surface area contributed by atoms with Crippen LogP contribution in [0.15, 0.2) is 51.8 Å². The molecular weight excluding hydrogens is 416 g/mol. The molecule has 2 aromatic rings. The number of hydrogen-bond acceptors (Lipinski definition) is 3. The average Bonchev–Trinajstić information content (AvgIpc) is 2.64. The van der Waals surface area contributed by atoms with Crippen molar-refractivity contribution >= 4 is 37.5 Å². The zero-order chi connectivity index (χ0) is 18.7. The van der Waals surface area contributed by atoms with Gasteiger partial charge in [0.05, 0.1) is 16.1 Å². The van der Waals surface area contributed by atoms with Crippen molar-refractivity contribution in [3.05, 3.63) is 58.1 Å². The number of para-hydroxylation sites is 1. The van der Waals surface area contributed by atoms with Gasteiger partial charge in [-0.05, 0) is 56.0 Å². The van der Waals surface area contributed by atoms with E-state index >= 15 is 0 Å². The van der Waals surface area contributed by atoms with E-state index in [2.05, 4.69) is 20.7 Å². The van der Waals surface area contributed by atoms with Crippen molar-refractivity contribution in [1.29, 1.82) is 0 Å². The molecule has 0 aliphatic carbocycles. The smallest absolute Gasteiger partial charge is 0.262 e. The van der Waals surface area contributed by atoms with Crippen LogP contribution in [0.5, 0.6) is 0 Å². The van der Waals surface area contributed by atoms with Crippen molar-refractivity contribution in [3.8, 4) is 0 Å². The van der Waals surface area contributed by atoms with E-state index in [9.17, 15) is 13.2 Å². The largest absolute Gasteiger partial charge is 0.339 e. The second kappa shape index (κ2) is 7.80. The van der Waals surface area contributed by atoms with E-state index in [4.69, 9.17) is 0 Å². The Balaban J connectivity index is 1.93. The molecule has 1 saturated heterocycles. The summed E-state index contributed by atoms with van der Waals surface area (Å²) < 4.78 is 29.0. The van der Waals surface area contributed by atoms with Gasteiger partial charge in [-0.3, -0.25) is 9.52 Å². The monoisotopic (exact) mass is 436 g/mol. The quantitative estimate of drug-likeness (QED) is 0.781. The van der Waals surface area contributed by atoms with E-state index in [-0.39, 0.29) is 10.8 Å². The number of nitrogens with one attached hydrogen (secondary N) is 1. The van der Waals surface area contributed by atoms with Crippen LogP contribution in [-0.4, -0.2) is 32.3 Å². The summed E-state index contributed by atoms with van der Waals surface area (Å²) in [6.45, 7) is 3.17. The van der Waals surface area contributed by atoms with Crippen LogP contribution in [0.4, 0.5) is 5.69 Å². The number of amides is 1. The molecule has 0 saturated carbocycles. The Morgan fingerprint density at radius 1 is 1.08 bits per heavy atom. The Morgan fingerprint density at radius 2 is 1.77 bits per heavy atom. The highest BCUT2D eigenvalue weighted by Crippen LogP contribution is 2.26. The molecule has 0 radical (unpaired) electrons. The minimum absolute atomic E-state index is 0.131. The summed E-state index contributed by atoms with van der Waals surface area (Å²) in [6.07, 6.45) is 3.09. The van der Waals surface area contributed by atoms with Gasteiger partial charge >= 0.3 is 0 Å². The van der Waals surface area contributed by atoms with Crippen molar-refractivity contribution in [2.24, 2.45) is 0 Å². The molecule has 1 amide bonds. The fourth-order valence-corrected chi connectivity index (χ4v) is 4.95.